The minimum atomic E-state index is 0. The highest BCUT2D eigenvalue weighted by molar-refractivity contribution is 14.0. The third-order valence-corrected chi connectivity index (χ3v) is 4.06. The highest BCUT2D eigenvalue weighted by atomic mass is 127. The van der Waals surface area contributed by atoms with Crippen LogP contribution in [-0.2, 0) is 6.42 Å². The van der Waals surface area contributed by atoms with E-state index in [4.69, 9.17) is 5.73 Å². The van der Waals surface area contributed by atoms with Crippen LogP contribution in [0.3, 0.4) is 0 Å². The third kappa shape index (κ3) is 10.1. The fourth-order valence-corrected chi connectivity index (χ4v) is 2.77. The van der Waals surface area contributed by atoms with Crippen molar-refractivity contribution in [3.63, 3.8) is 0 Å². The first kappa shape index (κ1) is 20.6. The summed E-state index contributed by atoms with van der Waals surface area (Å²) in [5.74, 6) is 1.32. The van der Waals surface area contributed by atoms with Crippen LogP contribution >= 0.6 is 35.3 Å². The molecule has 1 aromatic rings. The molecule has 0 fully saturated rings. The summed E-state index contributed by atoms with van der Waals surface area (Å²) in [7, 11) is 0. The van der Waals surface area contributed by atoms with Gasteiger partial charge >= 0.3 is 0 Å². The number of hydrogen-bond donors (Lipinski definition) is 2. The maximum absolute atomic E-state index is 5.90. The number of rotatable bonds is 8. The molecule has 0 aliphatic rings. The Labute approximate surface area is 150 Å². The average Bonchev–Trinajstić information content (AvgIpc) is 2.74. The Bertz CT molecular complexity index is 418. The van der Waals surface area contributed by atoms with Crippen LogP contribution in [0, 0.1) is 12.8 Å². The first-order chi connectivity index (χ1) is 9.47. The molecule has 122 valence electrons. The maximum Gasteiger partial charge on any atom is 0.188 e. The highest BCUT2D eigenvalue weighted by Gasteiger charge is 2.04. The van der Waals surface area contributed by atoms with Crippen LogP contribution in [-0.4, -0.2) is 23.5 Å². The van der Waals surface area contributed by atoms with E-state index in [0.29, 0.717) is 18.5 Å². The predicted molar refractivity (Wildman–Crippen MR) is 104 cm³/mol. The molecule has 0 saturated heterocycles. The fraction of sp³-hybridized carbons (Fsp3) is 0.733. The van der Waals surface area contributed by atoms with E-state index in [2.05, 4.69) is 43.0 Å². The quantitative estimate of drug-likeness (QED) is 0.380. The normalized spacial score (nSPS) is 13.1. The Morgan fingerprint density at radius 2 is 2.10 bits per heavy atom. The molecular weight excluding hydrogens is 395 g/mol. The van der Waals surface area contributed by atoms with Crippen LogP contribution in [0.4, 0.5) is 0 Å². The number of nitrogens with one attached hydrogen (secondary N) is 1. The first-order valence-corrected chi connectivity index (χ1v) is 8.26. The molecule has 1 aromatic heterocycles. The molecule has 1 rings (SSSR count). The van der Waals surface area contributed by atoms with E-state index < -0.39 is 0 Å². The van der Waals surface area contributed by atoms with E-state index in [-0.39, 0.29) is 24.0 Å². The number of hydrogen-bond acceptors (Lipinski definition) is 3. The summed E-state index contributed by atoms with van der Waals surface area (Å²) in [5, 5.41) is 4.38. The molecule has 0 spiro atoms. The first-order valence-electron chi connectivity index (χ1n) is 7.45. The van der Waals surface area contributed by atoms with Crippen molar-refractivity contribution in [2.75, 3.05) is 6.54 Å². The number of thiazole rings is 1. The Morgan fingerprint density at radius 3 is 2.67 bits per heavy atom. The number of aliphatic imine (C=N–C) groups is 1. The van der Waals surface area contributed by atoms with Crippen molar-refractivity contribution >= 4 is 41.3 Å². The van der Waals surface area contributed by atoms with Gasteiger partial charge in [-0.05, 0) is 26.2 Å². The van der Waals surface area contributed by atoms with Gasteiger partial charge in [-0.2, -0.15) is 0 Å². The summed E-state index contributed by atoms with van der Waals surface area (Å²) in [5.41, 5.74) is 5.90. The van der Waals surface area contributed by atoms with Crippen molar-refractivity contribution in [1.82, 2.24) is 10.3 Å². The van der Waals surface area contributed by atoms with Crippen LogP contribution < -0.4 is 11.1 Å². The van der Waals surface area contributed by atoms with E-state index in [9.17, 15) is 0 Å². The molecule has 1 atom stereocenters. The molecule has 21 heavy (non-hydrogen) atoms. The van der Waals surface area contributed by atoms with Crippen molar-refractivity contribution in [2.45, 2.75) is 59.4 Å². The fourth-order valence-electron chi connectivity index (χ4n) is 1.99. The summed E-state index contributed by atoms with van der Waals surface area (Å²) in [6, 6.07) is 0.389. The Hall–Kier alpha value is -0.370. The summed E-state index contributed by atoms with van der Waals surface area (Å²) < 4.78 is 0. The summed E-state index contributed by atoms with van der Waals surface area (Å²) in [4.78, 5) is 9.92. The molecular formula is C15H29IN4S. The number of aromatic nitrogens is 1. The zero-order valence-corrected chi connectivity index (χ0v) is 16.7. The van der Waals surface area contributed by atoms with Crippen molar-refractivity contribution in [3.05, 3.63) is 16.1 Å². The van der Waals surface area contributed by atoms with Crippen molar-refractivity contribution in [1.29, 1.82) is 0 Å². The van der Waals surface area contributed by atoms with Crippen LogP contribution in [0.25, 0.3) is 0 Å². The van der Waals surface area contributed by atoms with E-state index in [1.807, 2.05) is 6.20 Å². The lowest BCUT2D eigenvalue weighted by molar-refractivity contribution is 0.493. The van der Waals surface area contributed by atoms with Crippen molar-refractivity contribution < 1.29 is 0 Å². The molecule has 1 unspecified atom stereocenters. The minimum Gasteiger partial charge on any atom is -0.370 e. The summed E-state index contributed by atoms with van der Waals surface area (Å²) in [6.07, 6.45) is 6.41. The second kappa shape index (κ2) is 11.2. The van der Waals surface area contributed by atoms with Gasteiger partial charge in [0.2, 0.25) is 0 Å². The predicted octanol–water partition coefficient (Wildman–Crippen LogP) is 3.73. The largest absolute Gasteiger partial charge is 0.370 e. The summed E-state index contributed by atoms with van der Waals surface area (Å²) in [6.45, 7) is 9.44. The topological polar surface area (TPSA) is 63.3 Å². The van der Waals surface area contributed by atoms with Gasteiger partial charge in [-0.3, -0.25) is 4.99 Å². The minimum absolute atomic E-state index is 0. The smallest absolute Gasteiger partial charge is 0.188 e. The van der Waals surface area contributed by atoms with Crippen LogP contribution in [0.15, 0.2) is 11.2 Å². The van der Waals surface area contributed by atoms with Gasteiger partial charge in [0.05, 0.1) is 5.01 Å². The lowest BCUT2D eigenvalue weighted by Gasteiger charge is -2.14. The van der Waals surface area contributed by atoms with Crippen molar-refractivity contribution in [3.8, 4) is 0 Å². The molecule has 0 aromatic carbocycles. The van der Waals surface area contributed by atoms with Crippen LogP contribution in [0.5, 0.6) is 0 Å². The van der Waals surface area contributed by atoms with E-state index in [0.717, 1.165) is 23.8 Å². The molecule has 0 aliphatic carbocycles. The standard InChI is InChI=1S/C15H28N4S.HI/c1-11(2)6-5-7-12(3)19-15(16)17-9-8-14-18-10-13(4)20-14;/h10-12H,5-9H2,1-4H3,(H3,16,17,19);1H. The van der Waals surface area contributed by atoms with Gasteiger partial charge in [-0.1, -0.05) is 26.7 Å². The van der Waals surface area contributed by atoms with Crippen molar-refractivity contribution in [2.24, 2.45) is 16.6 Å². The van der Waals surface area contributed by atoms with Crippen LogP contribution in [0.2, 0.25) is 0 Å². The summed E-state index contributed by atoms with van der Waals surface area (Å²) >= 11 is 1.73. The van der Waals surface area contributed by atoms with Gasteiger partial charge in [-0.15, -0.1) is 35.3 Å². The van der Waals surface area contributed by atoms with Gasteiger partial charge in [0.15, 0.2) is 5.96 Å². The Balaban J connectivity index is 0.00000400. The molecule has 0 bridgehead atoms. The number of nitrogens with two attached hydrogens (primary N) is 1. The molecule has 1 heterocycles. The number of halogens is 1. The second-order valence-corrected chi connectivity index (χ2v) is 7.07. The Morgan fingerprint density at radius 1 is 1.38 bits per heavy atom. The molecule has 0 saturated carbocycles. The second-order valence-electron chi connectivity index (χ2n) is 5.75. The molecule has 4 nitrogen and oxygen atoms in total. The molecule has 0 amide bonds. The molecule has 6 heteroatoms. The van der Waals surface area contributed by atoms with Gasteiger partial charge in [0.1, 0.15) is 0 Å². The van der Waals surface area contributed by atoms with Gasteiger partial charge < -0.3 is 11.1 Å². The zero-order valence-electron chi connectivity index (χ0n) is 13.6. The molecule has 0 radical (unpaired) electrons. The number of nitrogens with zero attached hydrogens (tertiary/aromatic N) is 2. The monoisotopic (exact) mass is 424 g/mol. The SMILES string of the molecule is Cc1cnc(CCN=C(N)NC(C)CCCC(C)C)s1.I. The van der Waals surface area contributed by atoms with Gasteiger partial charge in [0, 0.05) is 30.1 Å². The lowest BCUT2D eigenvalue weighted by Crippen LogP contribution is -2.38. The average molecular weight is 424 g/mol. The van der Waals surface area contributed by atoms with Gasteiger partial charge in [-0.25, -0.2) is 4.98 Å². The zero-order chi connectivity index (χ0) is 15.0. The van der Waals surface area contributed by atoms with E-state index >= 15 is 0 Å². The van der Waals surface area contributed by atoms with Crippen LogP contribution in [0.1, 0.15) is 49.9 Å². The van der Waals surface area contributed by atoms with E-state index in [1.54, 1.807) is 11.3 Å². The molecule has 3 N–H and O–H groups in total. The van der Waals surface area contributed by atoms with E-state index in [1.165, 1.54) is 17.7 Å². The number of guanidine groups is 1. The third-order valence-electron chi connectivity index (χ3n) is 3.09. The highest BCUT2D eigenvalue weighted by Crippen LogP contribution is 2.11. The maximum atomic E-state index is 5.90. The number of aryl methyl sites for hydroxylation is 1. The molecule has 0 aliphatic heterocycles. The lowest BCUT2D eigenvalue weighted by atomic mass is 10.0. The van der Waals surface area contributed by atoms with Gasteiger partial charge in [0.25, 0.3) is 0 Å². The Kier molecular flexibility index (Phi) is 11.0.